The van der Waals surface area contributed by atoms with E-state index in [9.17, 15) is 13.6 Å². The normalized spacial score (nSPS) is 11.2. The Morgan fingerprint density at radius 2 is 1.96 bits per heavy atom. The zero-order valence-corrected chi connectivity index (χ0v) is 15.3. The van der Waals surface area contributed by atoms with Crippen molar-refractivity contribution in [3.05, 3.63) is 65.9 Å². The number of anilines is 1. The monoisotopic (exact) mass is 384 g/mol. The Hall–Kier alpha value is -3.48. The van der Waals surface area contributed by atoms with E-state index in [0.717, 1.165) is 11.1 Å². The standard InChI is InChI=1S/C21H18F2N2O3/c1-13-6-9-15-4-3-5-16(20(15)24-13)25-19(26)11-8-14-7-10-17(28-21(22)23)18(12-14)27-2/h3-12,21H,1-2H3,(H,25,26)/b11-8+. The smallest absolute Gasteiger partial charge is 0.387 e. The quantitative estimate of drug-likeness (QED) is 0.620. The highest BCUT2D eigenvalue weighted by Gasteiger charge is 2.10. The summed E-state index contributed by atoms with van der Waals surface area (Å²) in [6, 6.07) is 13.8. The molecule has 1 aromatic heterocycles. The number of carbonyl (C=O) groups is 1. The van der Waals surface area contributed by atoms with Gasteiger partial charge < -0.3 is 14.8 Å². The molecule has 0 aliphatic rings. The zero-order valence-electron chi connectivity index (χ0n) is 15.3. The SMILES string of the molecule is COc1cc(/C=C/C(=O)Nc2cccc3ccc(C)nc23)ccc1OC(F)F. The van der Waals surface area contributed by atoms with E-state index in [1.165, 1.54) is 25.3 Å². The first-order valence-electron chi connectivity index (χ1n) is 8.44. The number of alkyl halides is 2. The molecule has 0 aliphatic heterocycles. The van der Waals surface area contributed by atoms with E-state index in [0.29, 0.717) is 16.8 Å². The number of pyridine rings is 1. The lowest BCUT2D eigenvalue weighted by Crippen LogP contribution is -2.08. The van der Waals surface area contributed by atoms with Crippen LogP contribution >= 0.6 is 0 Å². The maximum absolute atomic E-state index is 12.4. The number of para-hydroxylation sites is 1. The van der Waals surface area contributed by atoms with Crippen LogP contribution in [0.2, 0.25) is 0 Å². The highest BCUT2D eigenvalue weighted by molar-refractivity contribution is 6.06. The van der Waals surface area contributed by atoms with Gasteiger partial charge in [-0.05, 0) is 42.8 Å². The molecular formula is C21H18F2N2O3. The number of nitrogens with zero attached hydrogens (tertiary/aromatic N) is 1. The summed E-state index contributed by atoms with van der Waals surface area (Å²) in [7, 11) is 1.35. The van der Waals surface area contributed by atoms with Crippen molar-refractivity contribution in [2.24, 2.45) is 0 Å². The molecule has 144 valence electrons. The van der Waals surface area contributed by atoms with Gasteiger partial charge in [-0.15, -0.1) is 0 Å². The fraction of sp³-hybridized carbons (Fsp3) is 0.143. The fourth-order valence-corrected chi connectivity index (χ4v) is 2.67. The van der Waals surface area contributed by atoms with Crippen LogP contribution < -0.4 is 14.8 Å². The Balaban J connectivity index is 1.76. The number of hydrogen-bond acceptors (Lipinski definition) is 4. The molecule has 3 aromatic rings. The molecule has 0 fully saturated rings. The van der Waals surface area contributed by atoms with Crippen LogP contribution in [0.5, 0.6) is 11.5 Å². The largest absolute Gasteiger partial charge is 0.493 e. The summed E-state index contributed by atoms with van der Waals surface area (Å²) in [4.78, 5) is 16.8. The molecule has 0 bridgehead atoms. The number of rotatable bonds is 6. The lowest BCUT2D eigenvalue weighted by molar-refractivity contribution is -0.111. The summed E-state index contributed by atoms with van der Waals surface area (Å²) in [6.45, 7) is -1.06. The van der Waals surface area contributed by atoms with E-state index in [-0.39, 0.29) is 17.4 Å². The van der Waals surface area contributed by atoms with Crippen molar-refractivity contribution < 1.29 is 23.0 Å². The summed E-state index contributed by atoms with van der Waals surface area (Å²) in [5.41, 5.74) is 2.76. The van der Waals surface area contributed by atoms with Crippen LogP contribution in [0.15, 0.2) is 54.6 Å². The van der Waals surface area contributed by atoms with E-state index in [1.807, 2.05) is 31.2 Å². The number of fused-ring (bicyclic) bond motifs is 1. The van der Waals surface area contributed by atoms with Crippen molar-refractivity contribution in [3.63, 3.8) is 0 Å². The first kappa shape index (κ1) is 19.3. The maximum atomic E-state index is 12.4. The van der Waals surface area contributed by atoms with Gasteiger partial charge in [0.05, 0.1) is 18.3 Å². The van der Waals surface area contributed by atoms with Crippen LogP contribution in [0.1, 0.15) is 11.3 Å². The van der Waals surface area contributed by atoms with E-state index in [1.54, 1.807) is 18.2 Å². The average molecular weight is 384 g/mol. The van der Waals surface area contributed by atoms with Gasteiger partial charge in [0, 0.05) is 17.2 Å². The number of hydrogen-bond donors (Lipinski definition) is 1. The molecule has 0 unspecified atom stereocenters. The van der Waals surface area contributed by atoms with Gasteiger partial charge in [-0.2, -0.15) is 8.78 Å². The number of aryl methyl sites for hydroxylation is 1. The minimum absolute atomic E-state index is 0.0729. The van der Waals surface area contributed by atoms with Gasteiger partial charge >= 0.3 is 6.61 Å². The molecule has 0 atom stereocenters. The number of ether oxygens (including phenoxy) is 2. The second-order valence-electron chi connectivity index (χ2n) is 5.94. The number of amides is 1. The van der Waals surface area contributed by atoms with Crippen LogP contribution in [0.25, 0.3) is 17.0 Å². The summed E-state index contributed by atoms with van der Waals surface area (Å²) < 4.78 is 34.2. The Bertz CT molecular complexity index is 1040. The van der Waals surface area contributed by atoms with Gasteiger partial charge in [0.1, 0.15) is 0 Å². The molecule has 0 spiro atoms. The fourth-order valence-electron chi connectivity index (χ4n) is 2.67. The minimum Gasteiger partial charge on any atom is -0.493 e. The van der Waals surface area contributed by atoms with E-state index < -0.39 is 6.61 Å². The third-order valence-electron chi connectivity index (χ3n) is 3.95. The second-order valence-corrected chi connectivity index (χ2v) is 5.94. The Kier molecular flexibility index (Phi) is 5.84. The first-order valence-corrected chi connectivity index (χ1v) is 8.44. The molecule has 28 heavy (non-hydrogen) atoms. The third-order valence-corrected chi connectivity index (χ3v) is 3.95. The highest BCUT2D eigenvalue weighted by atomic mass is 19.3. The predicted molar refractivity (Wildman–Crippen MR) is 104 cm³/mol. The molecule has 1 heterocycles. The van der Waals surface area contributed by atoms with Crippen molar-refractivity contribution in [2.75, 3.05) is 12.4 Å². The molecule has 1 N–H and O–H groups in total. The van der Waals surface area contributed by atoms with Crippen molar-refractivity contribution >= 4 is 28.6 Å². The Labute approximate surface area is 160 Å². The van der Waals surface area contributed by atoms with Crippen LogP contribution in [-0.2, 0) is 4.79 Å². The number of aromatic nitrogens is 1. The maximum Gasteiger partial charge on any atom is 0.387 e. The lowest BCUT2D eigenvalue weighted by atomic mass is 10.1. The first-order chi connectivity index (χ1) is 13.5. The molecule has 7 heteroatoms. The molecule has 5 nitrogen and oxygen atoms in total. The molecule has 0 radical (unpaired) electrons. The van der Waals surface area contributed by atoms with Crippen molar-refractivity contribution in [1.82, 2.24) is 4.98 Å². The summed E-state index contributed by atoms with van der Waals surface area (Å²) >= 11 is 0. The summed E-state index contributed by atoms with van der Waals surface area (Å²) in [6.07, 6.45) is 2.89. The molecule has 1 amide bonds. The second kappa shape index (κ2) is 8.47. The predicted octanol–water partition coefficient (Wildman–Crippen LogP) is 4.81. The van der Waals surface area contributed by atoms with Gasteiger partial charge in [0.25, 0.3) is 0 Å². The van der Waals surface area contributed by atoms with Gasteiger partial charge in [0.15, 0.2) is 11.5 Å². The number of benzene rings is 2. The molecule has 0 saturated heterocycles. The zero-order chi connectivity index (χ0) is 20.1. The van der Waals surface area contributed by atoms with Crippen LogP contribution in [0, 0.1) is 6.92 Å². The number of nitrogens with one attached hydrogen (secondary N) is 1. The van der Waals surface area contributed by atoms with E-state index in [2.05, 4.69) is 15.0 Å². The molecule has 0 saturated carbocycles. The Morgan fingerprint density at radius 3 is 2.71 bits per heavy atom. The Morgan fingerprint density at radius 1 is 1.14 bits per heavy atom. The molecular weight excluding hydrogens is 366 g/mol. The van der Waals surface area contributed by atoms with Gasteiger partial charge in [0.2, 0.25) is 5.91 Å². The number of halogens is 2. The summed E-state index contributed by atoms with van der Waals surface area (Å²) in [5.74, 6) is -0.268. The van der Waals surface area contributed by atoms with Crippen molar-refractivity contribution in [2.45, 2.75) is 13.5 Å². The molecule has 3 rings (SSSR count). The van der Waals surface area contributed by atoms with Crippen LogP contribution in [0.3, 0.4) is 0 Å². The number of carbonyl (C=O) groups excluding carboxylic acids is 1. The topological polar surface area (TPSA) is 60.5 Å². The van der Waals surface area contributed by atoms with Gasteiger partial charge in [-0.1, -0.05) is 24.3 Å². The molecule has 2 aromatic carbocycles. The lowest BCUT2D eigenvalue weighted by Gasteiger charge is -2.10. The van der Waals surface area contributed by atoms with Gasteiger partial charge in [-0.3, -0.25) is 9.78 Å². The van der Waals surface area contributed by atoms with Gasteiger partial charge in [-0.25, -0.2) is 0 Å². The molecule has 0 aliphatic carbocycles. The minimum atomic E-state index is -2.95. The van der Waals surface area contributed by atoms with Crippen LogP contribution in [0.4, 0.5) is 14.5 Å². The summed E-state index contributed by atoms with van der Waals surface area (Å²) in [5, 5.41) is 3.73. The van der Waals surface area contributed by atoms with E-state index >= 15 is 0 Å². The number of methoxy groups -OCH3 is 1. The van der Waals surface area contributed by atoms with E-state index in [4.69, 9.17) is 4.74 Å². The van der Waals surface area contributed by atoms with Crippen LogP contribution in [-0.4, -0.2) is 24.6 Å². The van der Waals surface area contributed by atoms with Crippen molar-refractivity contribution in [1.29, 1.82) is 0 Å². The highest BCUT2D eigenvalue weighted by Crippen LogP contribution is 2.30. The average Bonchev–Trinajstić information content (AvgIpc) is 2.67. The third kappa shape index (κ3) is 4.62. The van der Waals surface area contributed by atoms with Crippen molar-refractivity contribution in [3.8, 4) is 11.5 Å².